The molecule has 0 radical (unpaired) electrons. The Balaban J connectivity index is 1.79. The molecule has 0 spiro atoms. The molecule has 1 fully saturated rings. The topological polar surface area (TPSA) is 60.8 Å². The third-order valence-corrected chi connectivity index (χ3v) is 6.31. The first-order chi connectivity index (χ1) is 12.9. The molecule has 27 heavy (non-hydrogen) atoms. The number of benzene rings is 1. The molecular weight excluding hydrogens is 364 g/mol. The Bertz CT molecular complexity index is 937. The van der Waals surface area contributed by atoms with E-state index in [2.05, 4.69) is 17.9 Å². The van der Waals surface area contributed by atoms with Gasteiger partial charge in [-0.2, -0.15) is 13.1 Å². The molecule has 1 unspecified atom stereocenters. The summed E-state index contributed by atoms with van der Waals surface area (Å²) in [5, 5.41) is 1.16. The summed E-state index contributed by atoms with van der Waals surface area (Å²) >= 11 is 0. The Morgan fingerprint density at radius 2 is 2.11 bits per heavy atom. The van der Waals surface area contributed by atoms with Gasteiger partial charge in [0, 0.05) is 37.2 Å². The van der Waals surface area contributed by atoms with Crippen molar-refractivity contribution in [2.24, 2.45) is 5.92 Å². The summed E-state index contributed by atoms with van der Waals surface area (Å²) in [7, 11) is -1.80. The third kappa shape index (κ3) is 3.48. The first kappa shape index (κ1) is 18.8. The van der Waals surface area contributed by atoms with Gasteiger partial charge < -0.3 is 4.74 Å². The third-order valence-electron chi connectivity index (χ3n) is 5.88. The van der Waals surface area contributed by atoms with Crippen LogP contribution in [0.5, 0.6) is 0 Å². The Morgan fingerprint density at radius 1 is 1.30 bits per heavy atom. The standard InChI is InChI=1S/C20H28N2O4S/c1-4-8-21-11-14(13-25-2)9-17-16-6-5-7-18-20(16)15(10-19(17)21)12-22(18)26-27(3,23)24/h5-7,12,14,17,19H,4,8-11,13H2,1-3H3/t14?,17-,19-/m1/s1. The summed E-state index contributed by atoms with van der Waals surface area (Å²) in [6.07, 6.45) is 6.10. The van der Waals surface area contributed by atoms with Gasteiger partial charge >= 0.3 is 10.1 Å². The molecule has 1 aliphatic carbocycles. The predicted octanol–water partition coefficient (Wildman–Crippen LogP) is 2.42. The van der Waals surface area contributed by atoms with E-state index in [-0.39, 0.29) is 0 Å². The lowest BCUT2D eigenvalue weighted by molar-refractivity contribution is 0.0428. The van der Waals surface area contributed by atoms with Gasteiger partial charge in [0.05, 0.1) is 18.4 Å². The number of rotatable bonds is 6. The van der Waals surface area contributed by atoms with Gasteiger partial charge in [0.1, 0.15) is 0 Å². The van der Waals surface area contributed by atoms with E-state index in [1.165, 1.54) is 15.9 Å². The largest absolute Gasteiger partial charge is 0.384 e. The zero-order valence-electron chi connectivity index (χ0n) is 16.2. The molecule has 0 amide bonds. The van der Waals surface area contributed by atoms with Crippen LogP contribution in [0.2, 0.25) is 0 Å². The number of hydrogen-bond donors (Lipinski definition) is 0. The van der Waals surface area contributed by atoms with Crippen LogP contribution in [-0.2, 0) is 21.3 Å². The number of piperidine rings is 1. The highest BCUT2D eigenvalue weighted by Crippen LogP contribution is 2.45. The van der Waals surface area contributed by atoms with E-state index in [9.17, 15) is 8.42 Å². The van der Waals surface area contributed by atoms with Crippen LogP contribution in [0.1, 0.15) is 36.8 Å². The number of fused-ring (bicyclic) bond motifs is 2. The molecule has 2 aromatic rings. The number of methoxy groups -OCH3 is 1. The fraction of sp³-hybridized carbons (Fsp3) is 0.600. The van der Waals surface area contributed by atoms with Crippen molar-refractivity contribution in [1.82, 2.24) is 9.63 Å². The Hall–Kier alpha value is -1.57. The van der Waals surface area contributed by atoms with E-state index in [1.54, 1.807) is 7.11 Å². The fourth-order valence-electron chi connectivity index (χ4n) is 5.08. The fourth-order valence-corrected chi connectivity index (χ4v) is 5.50. The smallest absolute Gasteiger partial charge is 0.324 e. The molecule has 3 atom stereocenters. The van der Waals surface area contributed by atoms with E-state index in [4.69, 9.17) is 9.02 Å². The summed E-state index contributed by atoms with van der Waals surface area (Å²) in [6, 6.07) is 6.60. The molecule has 0 N–H and O–H groups in total. The number of aromatic nitrogens is 1. The lowest BCUT2D eigenvalue weighted by Gasteiger charge is -2.47. The highest BCUT2D eigenvalue weighted by molar-refractivity contribution is 7.86. The summed E-state index contributed by atoms with van der Waals surface area (Å²) in [5.41, 5.74) is 3.33. The van der Waals surface area contributed by atoms with Crippen LogP contribution < -0.4 is 4.28 Å². The first-order valence-corrected chi connectivity index (χ1v) is 11.5. The minimum Gasteiger partial charge on any atom is -0.384 e. The number of hydrogen-bond acceptors (Lipinski definition) is 5. The molecule has 1 aromatic heterocycles. The second kappa shape index (κ2) is 7.11. The zero-order valence-corrected chi connectivity index (χ0v) is 17.0. The minimum atomic E-state index is -3.58. The molecule has 1 aliphatic heterocycles. The van der Waals surface area contributed by atoms with Gasteiger partial charge in [0.25, 0.3) is 0 Å². The Labute approximate surface area is 161 Å². The van der Waals surface area contributed by atoms with Crippen LogP contribution in [0.3, 0.4) is 0 Å². The summed E-state index contributed by atoms with van der Waals surface area (Å²) in [4.78, 5) is 2.61. The molecule has 0 saturated carbocycles. The number of nitrogens with zero attached hydrogens (tertiary/aromatic N) is 2. The second-order valence-electron chi connectivity index (χ2n) is 7.93. The quantitative estimate of drug-likeness (QED) is 0.756. The molecule has 1 saturated heterocycles. The predicted molar refractivity (Wildman–Crippen MR) is 105 cm³/mol. The first-order valence-electron chi connectivity index (χ1n) is 9.67. The monoisotopic (exact) mass is 392 g/mol. The Kier molecular flexibility index (Phi) is 4.94. The van der Waals surface area contributed by atoms with Crippen LogP contribution in [0.15, 0.2) is 24.4 Å². The van der Waals surface area contributed by atoms with E-state index in [0.29, 0.717) is 17.9 Å². The van der Waals surface area contributed by atoms with Crippen LogP contribution in [-0.4, -0.2) is 57.2 Å². The van der Waals surface area contributed by atoms with Gasteiger partial charge in [-0.1, -0.05) is 19.1 Å². The highest BCUT2D eigenvalue weighted by atomic mass is 32.2. The van der Waals surface area contributed by atoms with Crippen LogP contribution >= 0.6 is 0 Å². The average Bonchev–Trinajstić information content (AvgIpc) is 2.94. The molecule has 6 nitrogen and oxygen atoms in total. The molecule has 2 heterocycles. The molecule has 0 bridgehead atoms. The van der Waals surface area contributed by atoms with Crippen molar-refractivity contribution in [3.8, 4) is 0 Å². The van der Waals surface area contributed by atoms with Gasteiger partial charge in [-0.05, 0) is 48.9 Å². The molecule has 2 aliphatic rings. The maximum Gasteiger partial charge on any atom is 0.324 e. The lowest BCUT2D eigenvalue weighted by atomic mass is 9.72. The molecule has 1 aromatic carbocycles. The van der Waals surface area contributed by atoms with E-state index >= 15 is 0 Å². The normalized spacial score (nSPS) is 25.5. The zero-order chi connectivity index (χ0) is 19.2. The molecular formula is C20H28N2O4S. The maximum absolute atomic E-state index is 11.7. The van der Waals surface area contributed by atoms with Crippen molar-refractivity contribution in [2.45, 2.75) is 38.1 Å². The summed E-state index contributed by atoms with van der Waals surface area (Å²) in [5.74, 6) is 0.963. The van der Waals surface area contributed by atoms with Crippen LogP contribution in [0.25, 0.3) is 10.9 Å². The average molecular weight is 393 g/mol. The SMILES string of the molecule is CCCN1CC(COC)C[C@@H]2c3cccc4c3c(cn4OS(C)(=O)=O)C[C@H]21. The number of ether oxygens (including phenoxy) is 1. The summed E-state index contributed by atoms with van der Waals surface area (Å²) < 4.78 is 35.5. The second-order valence-corrected chi connectivity index (χ2v) is 9.49. The number of likely N-dealkylation sites (tertiary alicyclic amines) is 1. The van der Waals surface area contributed by atoms with Gasteiger partial charge in [-0.15, -0.1) is 0 Å². The molecule has 148 valence electrons. The van der Waals surface area contributed by atoms with Crippen molar-refractivity contribution in [1.29, 1.82) is 0 Å². The van der Waals surface area contributed by atoms with E-state index in [0.717, 1.165) is 56.1 Å². The lowest BCUT2D eigenvalue weighted by Crippen LogP contribution is -2.50. The van der Waals surface area contributed by atoms with Gasteiger partial charge in [0.15, 0.2) is 0 Å². The van der Waals surface area contributed by atoms with Crippen LogP contribution in [0.4, 0.5) is 0 Å². The van der Waals surface area contributed by atoms with Crippen molar-refractivity contribution in [3.05, 3.63) is 35.5 Å². The van der Waals surface area contributed by atoms with Crippen LogP contribution in [0, 0.1) is 5.92 Å². The van der Waals surface area contributed by atoms with E-state index < -0.39 is 10.1 Å². The Morgan fingerprint density at radius 3 is 2.81 bits per heavy atom. The van der Waals surface area contributed by atoms with Gasteiger partial charge in [0.2, 0.25) is 0 Å². The molecule has 4 rings (SSSR count). The van der Waals surface area contributed by atoms with Crippen molar-refractivity contribution in [3.63, 3.8) is 0 Å². The van der Waals surface area contributed by atoms with Gasteiger partial charge in [-0.3, -0.25) is 9.18 Å². The van der Waals surface area contributed by atoms with Crippen molar-refractivity contribution >= 4 is 21.0 Å². The van der Waals surface area contributed by atoms with E-state index in [1.807, 2.05) is 18.3 Å². The maximum atomic E-state index is 11.7. The molecule has 7 heteroatoms. The van der Waals surface area contributed by atoms with Gasteiger partial charge in [-0.25, -0.2) is 0 Å². The minimum absolute atomic E-state index is 0.440. The summed E-state index contributed by atoms with van der Waals surface area (Å²) in [6.45, 7) is 5.15. The van der Waals surface area contributed by atoms with Crippen molar-refractivity contribution < 1.29 is 17.4 Å². The van der Waals surface area contributed by atoms with Crippen molar-refractivity contribution in [2.75, 3.05) is 33.1 Å². The highest BCUT2D eigenvalue weighted by Gasteiger charge is 2.41.